The second-order valence-electron chi connectivity index (χ2n) is 4.67. The number of Topliss-reactive ketones (excluding diaryl/α,β-unsaturated/α-hetero) is 1. The van der Waals surface area contributed by atoms with Crippen LogP contribution in [0.25, 0.3) is 0 Å². The minimum absolute atomic E-state index is 0.106. The highest BCUT2D eigenvalue weighted by Gasteiger charge is 2.04. The highest BCUT2D eigenvalue weighted by Crippen LogP contribution is 2.16. The standard InChI is InChI=1S/C16H17NO/c1-11-9-17-10-16(12(11)2)8-14-4-6-15(7-5-14)13(3)18/h4-7,9-10H,8H2,1-3H3. The first-order valence-electron chi connectivity index (χ1n) is 6.08. The summed E-state index contributed by atoms with van der Waals surface area (Å²) in [6, 6.07) is 7.80. The minimum Gasteiger partial charge on any atom is -0.295 e. The number of hydrogen-bond donors (Lipinski definition) is 0. The fraction of sp³-hybridized carbons (Fsp3) is 0.250. The molecular weight excluding hydrogens is 222 g/mol. The molecule has 0 radical (unpaired) electrons. The van der Waals surface area contributed by atoms with Crippen molar-refractivity contribution in [1.82, 2.24) is 4.98 Å². The normalized spacial score (nSPS) is 10.4. The Morgan fingerprint density at radius 1 is 1.11 bits per heavy atom. The van der Waals surface area contributed by atoms with Gasteiger partial charge in [-0.25, -0.2) is 0 Å². The number of benzene rings is 1. The number of aromatic nitrogens is 1. The molecule has 0 atom stereocenters. The summed E-state index contributed by atoms with van der Waals surface area (Å²) in [4.78, 5) is 15.4. The molecule has 0 N–H and O–H groups in total. The fourth-order valence-corrected chi connectivity index (χ4v) is 1.94. The van der Waals surface area contributed by atoms with Crippen LogP contribution < -0.4 is 0 Å². The summed E-state index contributed by atoms with van der Waals surface area (Å²) in [5.41, 5.74) is 5.72. The molecule has 2 rings (SSSR count). The zero-order chi connectivity index (χ0) is 13.1. The van der Waals surface area contributed by atoms with Crippen LogP contribution in [0.4, 0.5) is 0 Å². The van der Waals surface area contributed by atoms with Crippen LogP contribution in [0.5, 0.6) is 0 Å². The van der Waals surface area contributed by atoms with Gasteiger partial charge in [-0.05, 0) is 49.4 Å². The highest BCUT2D eigenvalue weighted by atomic mass is 16.1. The van der Waals surface area contributed by atoms with Crippen molar-refractivity contribution < 1.29 is 4.79 Å². The lowest BCUT2D eigenvalue weighted by Crippen LogP contribution is -1.97. The lowest BCUT2D eigenvalue weighted by molar-refractivity contribution is 0.101. The van der Waals surface area contributed by atoms with E-state index in [9.17, 15) is 4.79 Å². The molecule has 1 aromatic carbocycles. The first kappa shape index (κ1) is 12.5. The van der Waals surface area contributed by atoms with E-state index in [1.54, 1.807) is 6.92 Å². The number of ketones is 1. The Morgan fingerprint density at radius 3 is 2.39 bits per heavy atom. The molecular formula is C16H17NO. The first-order valence-corrected chi connectivity index (χ1v) is 6.08. The second kappa shape index (κ2) is 5.13. The molecule has 0 amide bonds. The summed E-state index contributed by atoms with van der Waals surface area (Å²) < 4.78 is 0. The molecule has 18 heavy (non-hydrogen) atoms. The van der Waals surface area contributed by atoms with Crippen molar-refractivity contribution in [2.45, 2.75) is 27.2 Å². The molecule has 0 aliphatic carbocycles. The van der Waals surface area contributed by atoms with E-state index < -0.39 is 0 Å². The Kier molecular flexibility index (Phi) is 3.56. The highest BCUT2D eigenvalue weighted by molar-refractivity contribution is 5.94. The van der Waals surface area contributed by atoms with Crippen molar-refractivity contribution in [1.29, 1.82) is 0 Å². The Morgan fingerprint density at radius 2 is 1.78 bits per heavy atom. The molecule has 2 heteroatoms. The third-order valence-electron chi connectivity index (χ3n) is 3.33. The van der Waals surface area contributed by atoms with Crippen LogP contribution in [0.3, 0.4) is 0 Å². The average molecular weight is 239 g/mol. The average Bonchev–Trinajstić information content (AvgIpc) is 2.36. The fourth-order valence-electron chi connectivity index (χ4n) is 1.94. The molecule has 0 saturated carbocycles. The molecule has 0 aliphatic rings. The van der Waals surface area contributed by atoms with E-state index in [4.69, 9.17) is 0 Å². The van der Waals surface area contributed by atoms with Crippen molar-refractivity contribution in [2.75, 3.05) is 0 Å². The van der Waals surface area contributed by atoms with Crippen LogP contribution in [-0.2, 0) is 6.42 Å². The third kappa shape index (κ3) is 2.65. The maximum atomic E-state index is 11.2. The Balaban J connectivity index is 2.24. The van der Waals surface area contributed by atoms with Gasteiger partial charge in [0.1, 0.15) is 0 Å². The van der Waals surface area contributed by atoms with Gasteiger partial charge in [0, 0.05) is 18.0 Å². The quantitative estimate of drug-likeness (QED) is 0.767. The summed E-state index contributed by atoms with van der Waals surface area (Å²) in [5.74, 6) is 0.106. The molecule has 0 aliphatic heterocycles. The predicted octanol–water partition coefficient (Wildman–Crippen LogP) is 3.49. The van der Waals surface area contributed by atoms with Crippen LogP contribution >= 0.6 is 0 Å². The van der Waals surface area contributed by atoms with E-state index in [0.29, 0.717) is 0 Å². The zero-order valence-electron chi connectivity index (χ0n) is 11.0. The molecule has 2 aromatic rings. The Bertz CT molecular complexity index is 570. The van der Waals surface area contributed by atoms with Gasteiger partial charge in [-0.3, -0.25) is 9.78 Å². The van der Waals surface area contributed by atoms with E-state index in [0.717, 1.165) is 12.0 Å². The monoisotopic (exact) mass is 239 g/mol. The molecule has 2 nitrogen and oxygen atoms in total. The van der Waals surface area contributed by atoms with Crippen molar-refractivity contribution in [3.63, 3.8) is 0 Å². The van der Waals surface area contributed by atoms with E-state index >= 15 is 0 Å². The summed E-state index contributed by atoms with van der Waals surface area (Å²) in [5, 5.41) is 0. The van der Waals surface area contributed by atoms with E-state index in [1.165, 1.54) is 22.3 Å². The maximum absolute atomic E-state index is 11.2. The van der Waals surface area contributed by atoms with E-state index in [-0.39, 0.29) is 5.78 Å². The van der Waals surface area contributed by atoms with Gasteiger partial charge in [-0.1, -0.05) is 24.3 Å². The Hall–Kier alpha value is -1.96. The third-order valence-corrected chi connectivity index (χ3v) is 3.33. The molecule has 92 valence electrons. The number of pyridine rings is 1. The van der Waals surface area contributed by atoms with Gasteiger partial charge in [0.25, 0.3) is 0 Å². The molecule has 0 saturated heterocycles. The molecule has 0 fully saturated rings. The van der Waals surface area contributed by atoms with Crippen LogP contribution in [0, 0.1) is 13.8 Å². The molecule has 0 unspecified atom stereocenters. The SMILES string of the molecule is CC(=O)c1ccc(Cc2cncc(C)c2C)cc1. The topological polar surface area (TPSA) is 30.0 Å². The zero-order valence-corrected chi connectivity index (χ0v) is 11.0. The predicted molar refractivity (Wildman–Crippen MR) is 73.0 cm³/mol. The van der Waals surface area contributed by atoms with Crippen LogP contribution in [0.1, 0.15) is 39.5 Å². The van der Waals surface area contributed by atoms with Gasteiger partial charge in [0.05, 0.1) is 0 Å². The van der Waals surface area contributed by atoms with Gasteiger partial charge >= 0.3 is 0 Å². The molecule has 0 bridgehead atoms. The van der Waals surface area contributed by atoms with Crippen LogP contribution in [-0.4, -0.2) is 10.8 Å². The molecule has 1 aromatic heterocycles. The minimum atomic E-state index is 0.106. The van der Waals surface area contributed by atoms with Crippen molar-refractivity contribution in [2.24, 2.45) is 0 Å². The van der Waals surface area contributed by atoms with Crippen LogP contribution in [0.15, 0.2) is 36.7 Å². The molecule has 1 heterocycles. The second-order valence-corrected chi connectivity index (χ2v) is 4.67. The summed E-state index contributed by atoms with van der Waals surface area (Å²) in [7, 11) is 0. The van der Waals surface area contributed by atoms with Crippen molar-refractivity contribution in [3.05, 3.63) is 64.5 Å². The number of carbonyl (C=O) groups excluding carboxylic acids is 1. The van der Waals surface area contributed by atoms with Crippen LogP contribution in [0.2, 0.25) is 0 Å². The molecule has 0 spiro atoms. The first-order chi connectivity index (χ1) is 8.58. The lowest BCUT2D eigenvalue weighted by atomic mass is 9.99. The number of carbonyl (C=O) groups is 1. The smallest absolute Gasteiger partial charge is 0.159 e. The maximum Gasteiger partial charge on any atom is 0.159 e. The summed E-state index contributed by atoms with van der Waals surface area (Å²) in [6.07, 6.45) is 4.66. The lowest BCUT2D eigenvalue weighted by Gasteiger charge is -2.08. The summed E-state index contributed by atoms with van der Waals surface area (Å²) >= 11 is 0. The van der Waals surface area contributed by atoms with Gasteiger partial charge in [-0.2, -0.15) is 0 Å². The van der Waals surface area contributed by atoms with Crippen molar-refractivity contribution >= 4 is 5.78 Å². The van der Waals surface area contributed by atoms with Gasteiger partial charge in [-0.15, -0.1) is 0 Å². The van der Waals surface area contributed by atoms with E-state index in [2.05, 4.69) is 18.8 Å². The van der Waals surface area contributed by atoms with Crippen molar-refractivity contribution in [3.8, 4) is 0 Å². The summed E-state index contributed by atoms with van der Waals surface area (Å²) in [6.45, 7) is 5.78. The largest absolute Gasteiger partial charge is 0.295 e. The van der Waals surface area contributed by atoms with Gasteiger partial charge in [0.2, 0.25) is 0 Å². The number of nitrogens with zero attached hydrogens (tertiary/aromatic N) is 1. The Labute approximate surface area is 108 Å². The van der Waals surface area contributed by atoms with Gasteiger partial charge in [0.15, 0.2) is 5.78 Å². The number of hydrogen-bond acceptors (Lipinski definition) is 2. The number of rotatable bonds is 3. The van der Waals surface area contributed by atoms with Gasteiger partial charge < -0.3 is 0 Å². The number of aryl methyl sites for hydroxylation is 1. The van der Waals surface area contributed by atoms with E-state index in [1.807, 2.05) is 36.7 Å².